The lowest BCUT2D eigenvalue weighted by Crippen LogP contribution is -2.31. The van der Waals surface area contributed by atoms with E-state index in [1.807, 2.05) is 12.1 Å². The van der Waals surface area contributed by atoms with E-state index in [1.165, 1.54) is 33.5 Å². The van der Waals surface area contributed by atoms with Gasteiger partial charge >= 0.3 is 0 Å². The third kappa shape index (κ3) is 5.39. The molecule has 204 valence electrons. The van der Waals surface area contributed by atoms with E-state index in [0.717, 1.165) is 54.6 Å². The van der Waals surface area contributed by atoms with Gasteiger partial charge in [-0.05, 0) is 87.2 Å². The van der Waals surface area contributed by atoms with Gasteiger partial charge in [-0.3, -0.25) is 4.98 Å². The van der Waals surface area contributed by atoms with Crippen molar-refractivity contribution in [1.29, 1.82) is 0 Å². The second kappa shape index (κ2) is 11.5. The Hall–Kier alpha value is -3.77. The van der Waals surface area contributed by atoms with Gasteiger partial charge in [0.1, 0.15) is 0 Å². The van der Waals surface area contributed by atoms with Crippen LogP contribution in [0.4, 0.5) is 11.4 Å². The van der Waals surface area contributed by atoms with E-state index in [0.29, 0.717) is 0 Å². The molecule has 0 saturated carbocycles. The Kier molecular flexibility index (Phi) is 7.94. The van der Waals surface area contributed by atoms with Crippen LogP contribution >= 0.6 is 0 Å². The number of aryl methyl sites for hydroxylation is 4. The summed E-state index contributed by atoms with van der Waals surface area (Å²) in [5, 5.41) is 7.30. The Morgan fingerprint density at radius 1 is 0.872 bits per heavy atom. The van der Waals surface area contributed by atoms with E-state index in [4.69, 9.17) is 14.5 Å². The Labute approximate surface area is 232 Å². The summed E-state index contributed by atoms with van der Waals surface area (Å²) in [6.07, 6.45) is 9.73. The van der Waals surface area contributed by atoms with E-state index >= 15 is 0 Å². The summed E-state index contributed by atoms with van der Waals surface area (Å²) in [5.74, 6) is 1.73. The molecule has 0 amide bonds. The highest BCUT2D eigenvalue weighted by Crippen LogP contribution is 2.50. The summed E-state index contributed by atoms with van der Waals surface area (Å²) in [5.41, 5.74) is 11.1. The molecule has 1 aromatic heterocycles. The molecule has 39 heavy (non-hydrogen) atoms. The third-order valence-corrected chi connectivity index (χ3v) is 7.73. The largest absolute Gasteiger partial charge is 0.493 e. The van der Waals surface area contributed by atoms with E-state index in [-0.39, 0.29) is 12.0 Å². The van der Waals surface area contributed by atoms with Crippen molar-refractivity contribution < 1.29 is 9.47 Å². The highest BCUT2D eigenvalue weighted by Gasteiger charge is 2.42. The Bertz CT molecular complexity index is 1390. The van der Waals surface area contributed by atoms with Crippen LogP contribution in [0.25, 0.3) is 0 Å². The first-order chi connectivity index (χ1) is 18.9. The summed E-state index contributed by atoms with van der Waals surface area (Å²) < 4.78 is 10.8. The fourth-order valence-electron chi connectivity index (χ4n) is 6.15. The van der Waals surface area contributed by atoms with Crippen LogP contribution in [0.3, 0.4) is 0 Å². The first-order valence-electron chi connectivity index (χ1n) is 13.8. The number of methoxy groups -OCH3 is 2. The molecular formula is C33H40N4O2. The molecule has 6 heteroatoms. The van der Waals surface area contributed by atoms with Gasteiger partial charge in [0.25, 0.3) is 0 Å². The van der Waals surface area contributed by atoms with Crippen molar-refractivity contribution in [3.8, 4) is 11.5 Å². The SMILES string of the molecule is COc1ccc(CCNCCNc2cc(C)nc3c2N2C=CC=CC2C3c2c(C)cc(C)cc2C)cc1OC. The number of rotatable bonds is 10. The number of hydrogen-bond acceptors (Lipinski definition) is 6. The van der Waals surface area contributed by atoms with Crippen molar-refractivity contribution in [2.75, 3.05) is 44.1 Å². The fourth-order valence-corrected chi connectivity index (χ4v) is 6.15. The third-order valence-electron chi connectivity index (χ3n) is 7.73. The average Bonchev–Trinajstić information content (AvgIpc) is 3.23. The van der Waals surface area contributed by atoms with Crippen molar-refractivity contribution in [2.24, 2.45) is 0 Å². The van der Waals surface area contributed by atoms with Crippen LogP contribution in [-0.2, 0) is 6.42 Å². The van der Waals surface area contributed by atoms with Crippen LogP contribution in [0.5, 0.6) is 11.5 Å². The predicted molar refractivity (Wildman–Crippen MR) is 161 cm³/mol. The highest BCUT2D eigenvalue weighted by atomic mass is 16.5. The number of hydrogen-bond donors (Lipinski definition) is 2. The minimum absolute atomic E-state index is 0.196. The number of benzene rings is 2. The summed E-state index contributed by atoms with van der Waals surface area (Å²) >= 11 is 0. The zero-order valence-electron chi connectivity index (χ0n) is 24.0. The van der Waals surface area contributed by atoms with Gasteiger partial charge in [-0.15, -0.1) is 0 Å². The molecule has 0 aliphatic carbocycles. The summed E-state index contributed by atoms with van der Waals surface area (Å²) in [6.45, 7) is 11.3. The molecule has 2 aliphatic heterocycles. The normalized spacial score (nSPS) is 17.2. The van der Waals surface area contributed by atoms with Gasteiger partial charge in [-0.1, -0.05) is 35.9 Å². The summed E-state index contributed by atoms with van der Waals surface area (Å²) in [6, 6.07) is 13.1. The number of nitrogens with zero attached hydrogens (tertiary/aromatic N) is 2. The highest BCUT2D eigenvalue weighted by molar-refractivity contribution is 5.81. The predicted octanol–water partition coefficient (Wildman–Crippen LogP) is 5.98. The second-order valence-corrected chi connectivity index (χ2v) is 10.6. The van der Waals surface area contributed by atoms with Gasteiger partial charge in [0.2, 0.25) is 0 Å². The van der Waals surface area contributed by atoms with Gasteiger partial charge < -0.3 is 25.0 Å². The van der Waals surface area contributed by atoms with Crippen LogP contribution in [-0.4, -0.2) is 44.9 Å². The summed E-state index contributed by atoms with van der Waals surface area (Å²) in [4.78, 5) is 7.54. The van der Waals surface area contributed by atoms with E-state index in [1.54, 1.807) is 14.2 Å². The van der Waals surface area contributed by atoms with Crippen LogP contribution in [0.2, 0.25) is 0 Å². The molecule has 6 nitrogen and oxygen atoms in total. The maximum atomic E-state index is 5.44. The molecule has 0 bridgehead atoms. The Morgan fingerprint density at radius 2 is 1.64 bits per heavy atom. The second-order valence-electron chi connectivity index (χ2n) is 10.6. The van der Waals surface area contributed by atoms with Gasteiger partial charge in [-0.25, -0.2) is 0 Å². The topological polar surface area (TPSA) is 58.7 Å². The van der Waals surface area contributed by atoms with Crippen LogP contribution < -0.4 is 25.0 Å². The number of anilines is 2. The van der Waals surface area contributed by atoms with Crippen molar-refractivity contribution >= 4 is 11.4 Å². The molecule has 0 fully saturated rings. The molecular weight excluding hydrogens is 484 g/mol. The van der Waals surface area contributed by atoms with Gasteiger partial charge in [0, 0.05) is 25.0 Å². The van der Waals surface area contributed by atoms with E-state index in [2.05, 4.69) is 91.9 Å². The average molecular weight is 525 g/mol. The lowest BCUT2D eigenvalue weighted by molar-refractivity contribution is 0.354. The minimum Gasteiger partial charge on any atom is -0.493 e. The van der Waals surface area contributed by atoms with Gasteiger partial charge in [-0.2, -0.15) is 0 Å². The number of fused-ring (bicyclic) bond motifs is 3. The maximum absolute atomic E-state index is 5.44. The standard InChI is InChI=1S/C33H40N4O2/c1-21-17-22(2)30(23(3)18-21)31-27-9-7-8-16-37(27)33-26(19-24(4)36-32(31)33)35-15-14-34-13-12-25-10-11-28(38-5)29(20-25)39-6/h7-11,16-20,27,31,34H,12-15H2,1-6H3,(H,35,36). The van der Waals surface area contributed by atoms with E-state index < -0.39 is 0 Å². The van der Waals surface area contributed by atoms with Crippen molar-refractivity contribution in [3.63, 3.8) is 0 Å². The molecule has 2 aliphatic rings. The van der Waals surface area contributed by atoms with Crippen LogP contribution in [0.1, 0.15) is 45.1 Å². The molecule has 2 unspecified atom stereocenters. The summed E-state index contributed by atoms with van der Waals surface area (Å²) in [7, 11) is 3.33. The molecule has 2 aromatic carbocycles. The molecule has 5 rings (SSSR count). The molecule has 2 atom stereocenters. The number of nitrogens with one attached hydrogen (secondary N) is 2. The first-order valence-corrected chi connectivity index (χ1v) is 13.8. The monoisotopic (exact) mass is 524 g/mol. The van der Waals surface area contributed by atoms with E-state index in [9.17, 15) is 0 Å². The lowest BCUT2D eigenvalue weighted by atomic mass is 9.83. The molecule has 0 radical (unpaired) electrons. The number of allylic oxidation sites excluding steroid dienone is 2. The maximum Gasteiger partial charge on any atom is 0.160 e. The zero-order chi connectivity index (χ0) is 27.5. The number of pyridine rings is 1. The molecule has 3 aromatic rings. The van der Waals surface area contributed by atoms with Crippen LogP contribution in [0.15, 0.2) is 60.8 Å². The molecule has 0 spiro atoms. The first kappa shape index (κ1) is 26.8. The molecule has 3 heterocycles. The zero-order valence-corrected chi connectivity index (χ0v) is 24.0. The van der Waals surface area contributed by atoms with Crippen molar-refractivity contribution in [3.05, 3.63) is 100 Å². The minimum atomic E-state index is 0.196. The Morgan fingerprint density at radius 3 is 2.38 bits per heavy atom. The molecule has 0 saturated heterocycles. The Balaban J connectivity index is 1.30. The number of aromatic nitrogens is 1. The smallest absolute Gasteiger partial charge is 0.160 e. The van der Waals surface area contributed by atoms with Crippen LogP contribution in [0, 0.1) is 27.7 Å². The van der Waals surface area contributed by atoms with Crippen molar-refractivity contribution in [1.82, 2.24) is 10.3 Å². The molecule has 2 N–H and O–H groups in total. The number of ether oxygens (including phenoxy) is 2. The van der Waals surface area contributed by atoms with Crippen molar-refractivity contribution in [2.45, 2.75) is 46.1 Å². The van der Waals surface area contributed by atoms with Gasteiger partial charge in [0.05, 0.1) is 43.2 Å². The quantitative estimate of drug-likeness (QED) is 0.318. The lowest BCUT2D eigenvalue weighted by Gasteiger charge is -2.29. The van der Waals surface area contributed by atoms with Gasteiger partial charge in [0.15, 0.2) is 11.5 Å². The fraction of sp³-hybridized carbons (Fsp3) is 0.364.